The smallest absolute Gasteiger partial charge is 0.314 e. The van der Waals surface area contributed by atoms with Gasteiger partial charge in [0, 0.05) is 24.0 Å². The van der Waals surface area contributed by atoms with E-state index in [4.69, 9.17) is 9.47 Å². The van der Waals surface area contributed by atoms with Crippen molar-refractivity contribution >= 4 is 50.2 Å². The van der Waals surface area contributed by atoms with Crippen molar-refractivity contribution in [2.45, 2.75) is 17.1 Å². The number of rotatable bonds is 4. The van der Waals surface area contributed by atoms with Crippen LogP contribution in [0.1, 0.15) is 12.0 Å². The molecule has 0 radical (unpaired) electrons. The number of carbonyl (C=O) groups excluding carboxylic acids is 2. The van der Waals surface area contributed by atoms with Crippen LogP contribution in [0.25, 0.3) is 0 Å². The number of ether oxygens (including phenoxy) is 2. The number of nitrogens with one attached hydrogen (secondary N) is 2. The molecule has 2 amide bonds. The summed E-state index contributed by atoms with van der Waals surface area (Å²) in [4.78, 5) is 25.0. The predicted molar refractivity (Wildman–Crippen MR) is 128 cm³/mol. The Hall–Kier alpha value is -3.57. The topological polar surface area (TPSA) is 114 Å². The van der Waals surface area contributed by atoms with Gasteiger partial charge in [-0.2, -0.15) is 0 Å². The quantitative estimate of drug-likeness (QED) is 0.533. The van der Waals surface area contributed by atoms with Gasteiger partial charge in [0.2, 0.25) is 0 Å². The number of carbonyl (C=O) groups is 2. The van der Waals surface area contributed by atoms with Crippen molar-refractivity contribution in [3.8, 4) is 11.5 Å². The van der Waals surface area contributed by atoms with E-state index in [9.17, 15) is 18.0 Å². The second-order valence-electron chi connectivity index (χ2n) is 7.72. The van der Waals surface area contributed by atoms with E-state index >= 15 is 0 Å². The lowest BCUT2D eigenvalue weighted by molar-refractivity contribution is -0.132. The van der Waals surface area contributed by atoms with Gasteiger partial charge in [0.1, 0.15) is 17.4 Å². The summed E-state index contributed by atoms with van der Waals surface area (Å²) in [6.07, 6.45) is 1.42. The van der Waals surface area contributed by atoms with Crippen LogP contribution in [0.15, 0.2) is 58.1 Å². The first-order chi connectivity index (χ1) is 16.4. The Morgan fingerprint density at radius 2 is 1.62 bits per heavy atom. The van der Waals surface area contributed by atoms with Gasteiger partial charge >= 0.3 is 11.8 Å². The number of sulfonamides is 1. The number of hydrogen-bond donors (Lipinski definition) is 2. The standard InChI is InChI=1S/C23H21N3O6S2/c27-22(23(28)25-17-7-8-19-20(14-17)32-11-10-31-19)24-16-6-5-15-3-1-9-26(18(15)13-16)34(29,30)21-4-2-12-33-21/h2,4-8,12-14H,1,3,9-11H2,(H,24,27)(H,25,28). The molecule has 3 aromatic rings. The molecule has 11 heteroatoms. The molecule has 2 N–H and O–H groups in total. The summed E-state index contributed by atoms with van der Waals surface area (Å²) in [6.45, 7) is 1.20. The molecular weight excluding hydrogens is 478 g/mol. The van der Waals surface area contributed by atoms with Gasteiger partial charge in [0.05, 0.1) is 5.69 Å². The number of hydrogen-bond acceptors (Lipinski definition) is 7. The average Bonchev–Trinajstić information content (AvgIpc) is 3.39. The van der Waals surface area contributed by atoms with Crippen LogP contribution >= 0.6 is 11.3 Å². The molecule has 0 spiro atoms. The molecule has 5 rings (SSSR count). The van der Waals surface area contributed by atoms with Crippen molar-refractivity contribution in [3.05, 3.63) is 59.5 Å². The van der Waals surface area contributed by atoms with E-state index in [2.05, 4.69) is 10.6 Å². The fraction of sp³-hybridized carbons (Fsp3) is 0.217. The normalized spacial score (nSPS) is 14.8. The van der Waals surface area contributed by atoms with Crippen LogP contribution in [0.3, 0.4) is 0 Å². The SMILES string of the molecule is O=C(Nc1ccc2c(c1)OCCO2)C(=O)Nc1ccc2c(c1)N(S(=O)(=O)c1cccs1)CCC2. The summed E-state index contributed by atoms with van der Waals surface area (Å²) in [6, 6.07) is 13.2. The monoisotopic (exact) mass is 499 g/mol. The number of benzene rings is 2. The third-order valence-electron chi connectivity index (χ3n) is 5.46. The molecule has 0 aliphatic carbocycles. The number of nitrogens with zero attached hydrogens (tertiary/aromatic N) is 1. The van der Waals surface area contributed by atoms with E-state index < -0.39 is 21.8 Å². The van der Waals surface area contributed by atoms with Crippen LogP contribution in [0.2, 0.25) is 0 Å². The molecule has 0 atom stereocenters. The number of amides is 2. The van der Waals surface area contributed by atoms with Crippen molar-refractivity contribution in [3.63, 3.8) is 0 Å². The van der Waals surface area contributed by atoms with Gasteiger partial charge in [-0.25, -0.2) is 8.42 Å². The maximum atomic E-state index is 13.1. The average molecular weight is 500 g/mol. The van der Waals surface area contributed by atoms with E-state index in [1.165, 1.54) is 4.31 Å². The summed E-state index contributed by atoms with van der Waals surface area (Å²) >= 11 is 1.16. The van der Waals surface area contributed by atoms with E-state index in [1.54, 1.807) is 53.9 Å². The maximum Gasteiger partial charge on any atom is 0.314 e. The number of anilines is 3. The van der Waals surface area contributed by atoms with Crippen LogP contribution in [-0.4, -0.2) is 40.0 Å². The Labute approximate surface area is 200 Å². The van der Waals surface area contributed by atoms with Gasteiger partial charge in [-0.15, -0.1) is 11.3 Å². The van der Waals surface area contributed by atoms with Crippen LogP contribution in [-0.2, 0) is 26.0 Å². The molecule has 9 nitrogen and oxygen atoms in total. The lowest BCUT2D eigenvalue weighted by Crippen LogP contribution is -2.35. The predicted octanol–water partition coefficient (Wildman–Crippen LogP) is 3.24. The molecule has 34 heavy (non-hydrogen) atoms. The summed E-state index contributed by atoms with van der Waals surface area (Å²) in [5.41, 5.74) is 2.09. The largest absolute Gasteiger partial charge is 0.486 e. The molecule has 0 fully saturated rings. The Kier molecular flexibility index (Phi) is 5.88. The zero-order valence-electron chi connectivity index (χ0n) is 17.9. The molecule has 1 aromatic heterocycles. The first kappa shape index (κ1) is 22.2. The van der Waals surface area contributed by atoms with Crippen molar-refractivity contribution < 1.29 is 27.5 Å². The zero-order chi connectivity index (χ0) is 23.7. The van der Waals surface area contributed by atoms with E-state index in [-0.39, 0.29) is 4.21 Å². The summed E-state index contributed by atoms with van der Waals surface area (Å²) in [5.74, 6) is -0.674. The van der Waals surface area contributed by atoms with Gasteiger partial charge in [-0.1, -0.05) is 12.1 Å². The molecule has 2 aliphatic rings. The summed E-state index contributed by atoms with van der Waals surface area (Å²) < 4.78 is 38.8. The molecule has 0 saturated heterocycles. The second-order valence-corrected chi connectivity index (χ2v) is 10.8. The van der Waals surface area contributed by atoms with Crippen molar-refractivity contribution in [2.75, 3.05) is 34.7 Å². The van der Waals surface area contributed by atoms with Crippen LogP contribution < -0.4 is 24.4 Å². The van der Waals surface area contributed by atoms with Crippen molar-refractivity contribution in [1.29, 1.82) is 0 Å². The van der Waals surface area contributed by atoms with Gasteiger partial charge < -0.3 is 20.1 Å². The minimum absolute atomic E-state index is 0.258. The Balaban J connectivity index is 1.32. The van der Waals surface area contributed by atoms with Gasteiger partial charge in [-0.3, -0.25) is 13.9 Å². The van der Waals surface area contributed by atoms with E-state index in [1.807, 2.05) is 0 Å². The molecular formula is C23H21N3O6S2. The molecule has 2 aromatic carbocycles. The van der Waals surface area contributed by atoms with E-state index in [0.717, 1.165) is 23.3 Å². The summed E-state index contributed by atoms with van der Waals surface area (Å²) in [7, 11) is -3.70. The highest BCUT2D eigenvalue weighted by Gasteiger charge is 2.30. The minimum Gasteiger partial charge on any atom is -0.486 e. The first-order valence-electron chi connectivity index (χ1n) is 10.6. The molecule has 3 heterocycles. The molecule has 0 unspecified atom stereocenters. The van der Waals surface area contributed by atoms with Gasteiger partial charge in [-0.05, 0) is 54.1 Å². The maximum absolute atomic E-state index is 13.1. The minimum atomic E-state index is -3.70. The summed E-state index contributed by atoms with van der Waals surface area (Å²) in [5, 5.41) is 6.81. The van der Waals surface area contributed by atoms with E-state index in [0.29, 0.717) is 54.7 Å². The van der Waals surface area contributed by atoms with Crippen LogP contribution in [0.4, 0.5) is 17.1 Å². The highest BCUT2D eigenvalue weighted by Crippen LogP contribution is 2.35. The number of thiophene rings is 1. The first-order valence-corrected chi connectivity index (χ1v) is 12.9. The highest BCUT2D eigenvalue weighted by molar-refractivity contribution is 7.94. The lowest BCUT2D eigenvalue weighted by Gasteiger charge is -2.30. The Bertz CT molecular complexity index is 1360. The number of fused-ring (bicyclic) bond motifs is 2. The fourth-order valence-electron chi connectivity index (χ4n) is 3.88. The highest BCUT2D eigenvalue weighted by atomic mass is 32.2. The van der Waals surface area contributed by atoms with Crippen LogP contribution in [0, 0.1) is 0 Å². The van der Waals surface area contributed by atoms with Crippen LogP contribution in [0.5, 0.6) is 11.5 Å². The van der Waals surface area contributed by atoms with Gasteiger partial charge in [0.15, 0.2) is 11.5 Å². The molecule has 176 valence electrons. The molecule has 0 saturated carbocycles. The fourth-order valence-corrected chi connectivity index (χ4v) is 6.52. The zero-order valence-corrected chi connectivity index (χ0v) is 19.6. The third kappa shape index (κ3) is 4.31. The second kappa shape index (κ2) is 8.99. The van der Waals surface area contributed by atoms with Gasteiger partial charge in [0.25, 0.3) is 10.0 Å². The van der Waals surface area contributed by atoms with Crippen molar-refractivity contribution in [1.82, 2.24) is 0 Å². The Morgan fingerprint density at radius 3 is 2.35 bits per heavy atom. The third-order valence-corrected chi connectivity index (χ3v) is 8.65. The lowest BCUT2D eigenvalue weighted by atomic mass is 10.0. The molecule has 2 aliphatic heterocycles. The Morgan fingerprint density at radius 1 is 0.912 bits per heavy atom. The molecule has 0 bridgehead atoms. The number of aryl methyl sites for hydroxylation is 1. The van der Waals surface area contributed by atoms with Crippen molar-refractivity contribution in [2.24, 2.45) is 0 Å².